The van der Waals surface area contributed by atoms with E-state index < -0.39 is 0 Å². The van der Waals surface area contributed by atoms with E-state index >= 15 is 0 Å². The monoisotopic (exact) mass is 454 g/mol. The average Bonchev–Trinajstić information content (AvgIpc) is 3.32. The van der Waals surface area contributed by atoms with Crippen LogP contribution in [0.15, 0.2) is 71.5 Å². The van der Waals surface area contributed by atoms with E-state index in [1.165, 1.54) is 5.69 Å². The summed E-state index contributed by atoms with van der Waals surface area (Å²) in [4.78, 5) is 6.94. The maximum Gasteiger partial charge on any atom is 0.170 e. The molecule has 4 nitrogen and oxygen atoms in total. The van der Waals surface area contributed by atoms with Crippen molar-refractivity contribution in [2.45, 2.75) is 31.8 Å². The molecule has 0 bridgehead atoms. The molecule has 6 heteroatoms. The maximum absolute atomic E-state index is 5.73. The third-order valence-corrected chi connectivity index (χ3v) is 6.02. The highest BCUT2D eigenvalue weighted by molar-refractivity contribution is 9.10. The summed E-state index contributed by atoms with van der Waals surface area (Å²) >= 11 is 9.26. The molecule has 1 saturated heterocycles. The molecular formula is C22H23BrN4S. The van der Waals surface area contributed by atoms with Gasteiger partial charge in [0, 0.05) is 34.8 Å². The summed E-state index contributed by atoms with van der Waals surface area (Å²) < 4.78 is 3.33. The van der Waals surface area contributed by atoms with E-state index in [9.17, 15) is 0 Å². The van der Waals surface area contributed by atoms with Gasteiger partial charge in [-0.2, -0.15) is 0 Å². The smallest absolute Gasteiger partial charge is 0.170 e. The molecule has 1 N–H and O–H groups in total. The summed E-state index contributed by atoms with van der Waals surface area (Å²) in [6.07, 6.45) is 6.20. The van der Waals surface area contributed by atoms with Crippen LogP contribution in [0.2, 0.25) is 0 Å². The predicted octanol–water partition coefficient (Wildman–Crippen LogP) is 5.41. The Kier molecular flexibility index (Phi) is 5.78. The molecule has 0 unspecified atom stereocenters. The van der Waals surface area contributed by atoms with Crippen molar-refractivity contribution in [3.63, 3.8) is 0 Å². The van der Waals surface area contributed by atoms with Gasteiger partial charge in [-0.1, -0.05) is 35.3 Å². The number of halogens is 1. The zero-order chi connectivity index (χ0) is 19.5. The summed E-state index contributed by atoms with van der Waals surface area (Å²) in [5.74, 6) is 0. The van der Waals surface area contributed by atoms with Gasteiger partial charge in [-0.15, -0.1) is 0 Å². The number of nitrogens with one attached hydrogen (secondary N) is 1. The summed E-state index contributed by atoms with van der Waals surface area (Å²) in [6, 6.07) is 18.9. The molecule has 0 spiro atoms. The van der Waals surface area contributed by atoms with Crippen LogP contribution in [0.1, 0.15) is 43.2 Å². The number of benzene rings is 1. The number of thiocarbonyl (C=S) groups is 1. The summed E-state index contributed by atoms with van der Waals surface area (Å²) in [7, 11) is 0. The average molecular weight is 455 g/mol. The molecule has 0 aliphatic carbocycles. The van der Waals surface area contributed by atoms with Gasteiger partial charge in [0.1, 0.15) is 0 Å². The predicted molar refractivity (Wildman–Crippen MR) is 121 cm³/mol. The van der Waals surface area contributed by atoms with Crippen molar-refractivity contribution in [3.05, 3.63) is 82.9 Å². The Morgan fingerprint density at radius 2 is 1.93 bits per heavy atom. The molecule has 28 heavy (non-hydrogen) atoms. The Labute approximate surface area is 179 Å². The fourth-order valence-electron chi connectivity index (χ4n) is 3.77. The summed E-state index contributed by atoms with van der Waals surface area (Å²) in [6.45, 7) is 3.14. The third-order valence-electron chi connectivity index (χ3n) is 5.14. The molecule has 3 heterocycles. The molecule has 1 aliphatic heterocycles. The van der Waals surface area contributed by atoms with Crippen LogP contribution in [-0.2, 0) is 0 Å². The largest absolute Gasteiger partial charge is 0.352 e. The second-order valence-electron chi connectivity index (χ2n) is 6.95. The molecule has 0 amide bonds. The molecule has 1 aliphatic rings. The lowest BCUT2D eigenvalue weighted by atomic mass is 10.0. The van der Waals surface area contributed by atoms with Gasteiger partial charge >= 0.3 is 0 Å². The summed E-state index contributed by atoms with van der Waals surface area (Å²) in [5.41, 5.74) is 3.36. The van der Waals surface area contributed by atoms with Crippen LogP contribution in [0.25, 0.3) is 5.69 Å². The molecule has 1 fully saturated rings. The normalized spacial score (nSPS) is 19.1. The first-order chi connectivity index (χ1) is 13.7. The van der Waals surface area contributed by atoms with Crippen LogP contribution in [0.3, 0.4) is 0 Å². The minimum atomic E-state index is 0.0228. The second kappa shape index (κ2) is 8.45. The van der Waals surface area contributed by atoms with Crippen LogP contribution in [0, 0.1) is 0 Å². The number of pyridine rings is 1. The zero-order valence-corrected chi connectivity index (χ0v) is 18.2. The van der Waals surface area contributed by atoms with Crippen molar-refractivity contribution < 1.29 is 0 Å². The van der Waals surface area contributed by atoms with Crippen LogP contribution < -0.4 is 5.32 Å². The lowest BCUT2D eigenvalue weighted by molar-refractivity contribution is 0.304. The first-order valence-corrected chi connectivity index (χ1v) is 10.8. The number of aromatic nitrogens is 2. The number of hydrogen-bond acceptors (Lipinski definition) is 2. The SMILES string of the molecule is CCCCN1C(=S)N[C@@H](c2ccccn2)[C@@H]1c1cccn1-c1ccc(Br)cc1. The van der Waals surface area contributed by atoms with Crippen molar-refractivity contribution in [2.75, 3.05) is 6.54 Å². The van der Waals surface area contributed by atoms with E-state index in [2.05, 4.69) is 91.3 Å². The number of unbranched alkanes of at least 4 members (excludes halogenated alkanes) is 1. The Morgan fingerprint density at radius 1 is 1.11 bits per heavy atom. The fraction of sp³-hybridized carbons (Fsp3) is 0.273. The minimum absolute atomic E-state index is 0.0228. The van der Waals surface area contributed by atoms with Crippen LogP contribution in [-0.4, -0.2) is 26.1 Å². The van der Waals surface area contributed by atoms with E-state index in [-0.39, 0.29) is 12.1 Å². The molecule has 0 radical (unpaired) electrons. The second-order valence-corrected chi connectivity index (χ2v) is 8.26. The standard InChI is InChI=1S/C22H23BrN4S/c1-2-3-14-27-21(20(25-22(27)28)18-7-4-5-13-24-18)19-8-6-15-26(19)17-11-9-16(23)10-12-17/h4-13,15,20-21H,2-3,14H2,1H3,(H,25,28)/t20-,21-/m0/s1. The molecule has 0 saturated carbocycles. The van der Waals surface area contributed by atoms with Gasteiger partial charge < -0.3 is 14.8 Å². The Balaban J connectivity index is 1.78. The molecule has 3 aromatic rings. The Hall–Kier alpha value is -2.18. The number of rotatable bonds is 6. The van der Waals surface area contributed by atoms with Crippen molar-refractivity contribution in [3.8, 4) is 5.69 Å². The zero-order valence-electron chi connectivity index (χ0n) is 15.8. The van der Waals surface area contributed by atoms with Crippen molar-refractivity contribution in [1.29, 1.82) is 0 Å². The van der Waals surface area contributed by atoms with E-state index in [0.29, 0.717) is 0 Å². The lowest BCUT2D eigenvalue weighted by Crippen LogP contribution is -2.31. The third kappa shape index (κ3) is 3.71. The first kappa shape index (κ1) is 19.2. The van der Waals surface area contributed by atoms with Crippen molar-refractivity contribution in [2.24, 2.45) is 0 Å². The molecule has 2 atom stereocenters. The number of hydrogen-bond donors (Lipinski definition) is 1. The van der Waals surface area contributed by atoms with Gasteiger partial charge in [0.25, 0.3) is 0 Å². The van der Waals surface area contributed by atoms with Crippen LogP contribution >= 0.6 is 28.1 Å². The van der Waals surface area contributed by atoms with Gasteiger partial charge in [0.2, 0.25) is 0 Å². The lowest BCUT2D eigenvalue weighted by Gasteiger charge is -2.29. The van der Waals surface area contributed by atoms with Gasteiger partial charge in [-0.05, 0) is 67.2 Å². The fourth-order valence-corrected chi connectivity index (χ4v) is 4.36. The topological polar surface area (TPSA) is 33.1 Å². The molecule has 144 valence electrons. The molecular weight excluding hydrogens is 432 g/mol. The molecule has 4 rings (SSSR count). The van der Waals surface area contributed by atoms with Crippen molar-refractivity contribution in [1.82, 2.24) is 19.8 Å². The Morgan fingerprint density at radius 3 is 2.64 bits per heavy atom. The quantitative estimate of drug-likeness (QED) is 0.504. The maximum atomic E-state index is 5.73. The number of nitrogens with zero attached hydrogens (tertiary/aromatic N) is 3. The van der Waals surface area contributed by atoms with E-state index in [1.54, 1.807) is 0 Å². The molecule has 2 aromatic heterocycles. The minimum Gasteiger partial charge on any atom is -0.352 e. The van der Waals surface area contributed by atoms with Gasteiger partial charge in [0.05, 0.1) is 17.8 Å². The van der Waals surface area contributed by atoms with Crippen LogP contribution in [0.4, 0.5) is 0 Å². The van der Waals surface area contributed by atoms with Crippen LogP contribution in [0.5, 0.6) is 0 Å². The highest BCUT2D eigenvalue weighted by Gasteiger charge is 2.40. The van der Waals surface area contributed by atoms with Gasteiger partial charge in [0.15, 0.2) is 5.11 Å². The highest BCUT2D eigenvalue weighted by Crippen LogP contribution is 2.39. The van der Waals surface area contributed by atoms with Gasteiger partial charge in [-0.25, -0.2) is 0 Å². The van der Waals surface area contributed by atoms with Gasteiger partial charge in [-0.3, -0.25) is 4.98 Å². The highest BCUT2D eigenvalue weighted by atomic mass is 79.9. The van der Waals surface area contributed by atoms with E-state index in [1.807, 2.05) is 18.3 Å². The Bertz CT molecular complexity index is 939. The summed E-state index contributed by atoms with van der Waals surface area (Å²) in [5, 5.41) is 4.33. The van der Waals surface area contributed by atoms with E-state index in [0.717, 1.165) is 40.4 Å². The molecule has 1 aromatic carbocycles. The first-order valence-electron chi connectivity index (χ1n) is 9.60. The van der Waals surface area contributed by atoms with Crippen molar-refractivity contribution >= 4 is 33.3 Å². The van der Waals surface area contributed by atoms with E-state index in [4.69, 9.17) is 12.2 Å².